The molecule has 0 spiro atoms. The van der Waals surface area contributed by atoms with Gasteiger partial charge in [-0.1, -0.05) is 95.0 Å². The highest BCUT2D eigenvalue weighted by molar-refractivity contribution is 5.86. The Morgan fingerprint density at radius 3 is 2.30 bits per heavy atom. The van der Waals surface area contributed by atoms with Gasteiger partial charge < -0.3 is 20.7 Å². The van der Waals surface area contributed by atoms with Gasteiger partial charge in [-0.05, 0) is 31.2 Å². The number of hydrogen-bond acceptors (Lipinski definition) is 5. The third kappa shape index (κ3) is 13.1. The smallest absolute Gasteiger partial charge is 0.308 e. The number of rotatable bonds is 18. The van der Waals surface area contributed by atoms with E-state index < -0.39 is 12.0 Å². The lowest BCUT2D eigenvalue weighted by molar-refractivity contribution is -0.146. The molecule has 2 unspecified atom stereocenters. The number of esters is 1. The molecule has 208 valence electrons. The molecular formula is C30H49N3O4. The molecule has 7 nitrogen and oxygen atoms in total. The van der Waals surface area contributed by atoms with Gasteiger partial charge in [0.25, 0.3) is 0 Å². The molecule has 0 aromatic heterocycles. The van der Waals surface area contributed by atoms with Crippen molar-refractivity contribution in [3.05, 3.63) is 35.9 Å². The Bertz CT molecular complexity index is 786. The average molecular weight is 516 g/mol. The Morgan fingerprint density at radius 1 is 0.973 bits per heavy atom. The minimum atomic E-state index is -0.970. The van der Waals surface area contributed by atoms with Crippen molar-refractivity contribution in [3.63, 3.8) is 0 Å². The number of benzene rings is 1. The quantitative estimate of drug-likeness (QED) is 0.205. The highest BCUT2D eigenvalue weighted by Crippen LogP contribution is 2.19. The van der Waals surface area contributed by atoms with E-state index in [4.69, 9.17) is 10.5 Å². The molecule has 1 aromatic rings. The molecule has 7 heteroatoms. The summed E-state index contributed by atoms with van der Waals surface area (Å²) in [4.78, 5) is 39.4. The van der Waals surface area contributed by atoms with E-state index in [0.29, 0.717) is 13.0 Å². The Labute approximate surface area is 223 Å². The fraction of sp³-hybridized carbons (Fsp3) is 0.700. The van der Waals surface area contributed by atoms with Gasteiger partial charge in [-0.15, -0.1) is 0 Å². The molecule has 0 aliphatic carbocycles. The van der Waals surface area contributed by atoms with Gasteiger partial charge in [-0.2, -0.15) is 0 Å². The molecule has 1 saturated heterocycles. The van der Waals surface area contributed by atoms with Crippen LogP contribution < -0.4 is 11.1 Å². The van der Waals surface area contributed by atoms with Crippen LogP contribution in [-0.4, -0.2) is 47.9 Å². The van der Waals surface area contributed by atoms with E-state index in [1.165, 1.54) is 51.4 Å². The van der Waals surface area contributed by atoms with Crippen LogP contribution in [-0.2, 0) is 25.7 Å². The van der Waals surface area contributed by atoms with Crippen LogP contribution >= 0.6 is 0 Å². The molecule has 1 aliphatic heterocycles. The molecule has 2 amide bonds. The first-order valence-corrected chi connectivity index (χ1v) is 14.5. The lowest BCUT2D eigenvalue weighted by Gasteiger charge is -2.36. The van der Waals surface area contributed by atoms with Gasteiger partial charge in [0.1, 0.15) is 6.61 Å². The monoisotopic (exact) mass is 515 g/mol. The molecule has 0 saturated carbocycles. The predicted molar refractivity (Wildman–Crippen MR) is 148 cm³/mol. The summed E-state index contributed by atoms with van der Waals surface area (Å²) in [5.41, 5.74) is 6.83. The van der Waals surface area contributed by atoms with Crippen LogP contribution in [0.1, 0.15) is 109 Å². The number of hydrogen-bond donors (Lipinski definition) is 2. The summed E-state index contributed by atoms with van der Waals surface area (Å²) in [5.74, 6) is -0.700. The van der Waals surface area contributed by atoms with Crippen LogP contribution in [0, 0.1) is 0 Å². The van der Waals surface area contributed by atoms with Crippen LogP contribution in [0.3, 0.4) is 0 Å². The van der Waals surface area contributed by atoms with Crippen molar-refractivity contribution in [2.75, 3.05) is 13.1 Å². The van der Waals surface area contributed by atoms with Crippen molar-refractivity contribution in [2.24, 2.45) is 5.73 Å². The lowest BCUT2D eigenvalue weighted by Crippen LogP contribution is -2.51. The van der Waals surface area contributed by atoms with Crippen molar-refractivity contribution in [3.8, 4) is 0 Å². The second-order valence-electron chi connectivity index (χ2n) is 10.4. The highest BCUT2D eigenvalue weighted by atomic mass is 16.5. The zero-order valence-electron chi connectivity index (χ0n) is 22.9. The van der Waals surface area contributed by atoms with Gasteiger partial charge >= 0.3 is 5.97 Å². The number of unbranched alkanes of at least 4 members (excludes halogenated alkanes) is 9. The van der Waals surface area contributed by atoms with Crippen molar-refractivity contribution >= 4 is 17.8 Å². The second-order valence-corrected chi connectivity index (χ2v) is 10.4. The van der Waals surface area contributed by atoms with Gasteiger partial charge in [-0.25, -0.2) is 0 Å². The molecule has 37 heavy (non-hydrogen) atoms. The van der Waals surface area contributed by atoms with Crippen molar-refractivity contribution in [1.82, 2.24) is 10.2 Å². The number of likely N-dealkylation sites (tertiary alicyclic amines) is 1. The first-order chi connectivity index (χ1) is 18.0. The number of nitrogens with one attached hydrogen (secondary N) is 1. The summed E-state index contributed by atoms with van der Waals surface area (Å²) in [7, 11) is 0. The Kier molecular flexibility index (Phi) is 15.6. The molecule has 1 fully saturated rings. The van der Waals surface area contributed by atoms with Crippen molar-refractivity contribution in [1.29, 1.82) is 0 Å². The third-order valence-corrected chi connectivity index (χ3v) is 7.17. The Balaban J connectivity index is 1.62. The van der Waals surface area contributed by atoms with E-state index in [2.05, 4.69) is 12.2 Å². The first kappa shape index (κ1) is 30.8. The molecule has 3 N–H and O–H groups in total. The molecule has 1 heterocycles. The summed E-state index contributed by atoms with van der Waals surface area (Å²) < 4.78 is 5.23. The zero-order valence-corrected chi connectivity index (χ0v) is 22.9. The zero-order chi connectivity index (χ0) is 26.7. The third-order valence-electron chi connectivity index (χ3n) is 7.17. The maximum absolute atomic E-state index is 12.9. The summed E-state index contributed by atoms with van der Waals surface area (Å²) in [6.45, 7) is 3.52. The molecule has 2 atom stereocenters. The summed E-state index contributed by atoms with van der Waals surface area (Å²) >= 11 is 0. The molecular weight excluding hydrogens is 466 g/mol. The normalized spacial score (nSPS) is 16.3. The first-order valence-electron chi connectivity index (χ1n) is 14.5. The summed E-state index contributed by atoms with van der Waals surface area (Å²) in [6.07, 6.45) is 15.8. The van der Waals surface area contributed by atoms with Gasteiger partial charge in [-0.3, -0.25) is 14.4 Å². The van der Waals surface area contributed by atoms with E-state index >= 15 is 0 Å². The van der Waals surface area contributed by atoms with E-state index in [-0.39, 0.29) is 30.9 Å². The SMILES string of the molecule is CCCCCCCCCCCCC(=O)N1CCCCC1CNC(=O)C(N)CC(=O)OCc1ccccc1. The maximum Gasteiger partial charge on any atom is 0.308 e. The Morgan fingerprint density at radius 2 is 1.62 bits per heavy atom. The minimum Gasteiger partial charge on any atom is -0.461 e. The predicted octanol–water partition coefficient (Wildman–Crippen LogP) is 5.26. The van der Waals surface area contributed by atoms with Crippen LogP contribution in [0.2, 0.25) is 0 Å². The average Bonchev–Trinajstić information content (AvgIpc) is 2.92. The fourth-order valence-corrected chi connectivity index (χ4v) is 4.87. The minimum absolute atomic E-state index is 0.00875. The van der Waals surface area contributed by atoms with Crippen molar-refractivity contribution < 1.29 is 19.1 Å². The highest BCUT2D eigenvalue weighted by Gasteiger charge is 2.27. The molecule has 0 bridgehead atoms. The standard InChI is InChI=1S/C30H49N3O4/c1-2-3-4-5-6-7-8-9-10-14-20-28(34)33-21-16-15-19-26(33)23-32-30(36)27(31)22-29(35)37-24-25-17-12-11-13-18-25/h11-13,17-18,26-27H,2-10,14-16,19-24,31H2,1H3,(H,32,36). The van der Waals surface area contributed by atoms with E-state index in [1.807, 2.05) is 35.2 Å². The van der Waals surface area contributed by atoms with Crippen LogP contribution in [0.25, 0.3) is 0 Å². The number of carbonyl (C=O) groups excluding carboxylic acids is 3. The maximum atomic E-state index is 12.9. The molecule has 2 rings (SSSR count). The van der Waals surface area contributed by atoms with Gasteiger partial charge in [0, 0.05) is 25.6 Å². The number of ether oxygens (including phenoxy) is 1. The molecule has 1 aromatic carbocycles. The van der Waals surface area contributed by atoms with E-state index in [1.54, 1.807) is 0 Å². The summed E-state index contributed by atoms with van der Waals surface area (Å²) in [6, 6.07) is 8.40. The fourth-order valence-electron chi connectivity index (χ4n) is 4.87. The van der Waals surface area contributed by atoms with Crippen molar-refractivity contribution in [2.45, 2.75) is 122 Å². The largest absolute Gasteiger partial charge is 0.461 e. The van der Waals surface area contributed by atoms with Gasteiger partial charge in [0.15, 0.2) is 0 Å². The Hall–Kier alpha value is -2.41. The number of nitrogens with zero attached hydrogens (tertiary/aromatic N) is 1. The van der Waals surface area contributed by atoms with Crippen LogP contribution in [0.4, 0.5) is 0 Å². The lowest BCUT2D eigenvalue weighted by atomic mass is 10.0. The van der Waals surface area contributed by atoms with Gasteiger partial charge in [0.05, 0.1) is 12.5 Å². The van der Waals surface area contributed by atoms with E-state index in [9.17, 15) is 14.4 Å². The number of amides is 2. The number of carbonyl (C=O) groups is 3. The van der Waals surface area contributed by atoms with Gasteiger partial charge in [0.2, 0.25) is 11.8 Å². The number of piperidine rings is 1. The molecule has 1 aliphatic rings. The topological polar surface area (TPSA) is 102 Å². The van der Waals surface area contributed by atoms with Crippen LogP contribution in [0.15, 0.2) is 30.3 Å². The number of nitrogens with two attached hydrogens (primary N) is 1. The molecule has 0 radical (unpaired) electrons. The van der Waals surface area contributed by atoms with E-state index in [0.717, 1.165) is 44.2 Å². The summed E-state index contributed by atoms with van der Waals surface area (Å²) in [5, 5.41) is 2.86. The second kappa shape index (κ2) is 18.8. The van der Waals surface area contributed by atoms with Crippen LogP contribution in [0.5, 0.6) is 0 Å².